The van der Waals surface area contributed by atoms with Gasteiger partial charge in [0.1, 0.15) is 22.6 Å². The van der Waals surface area contributed by atoms with Gasteiger partial charge in [-0.15, -0.1) is 0 Å². The van der Waals surface area contributed by atoms with Crippen LogP contribution in [0, 0.1) is 0 Å². The summed E-state index contributed by atoms with van der Waals surface area (Å²) in [5.74, 6) is 1.07. The molecule has 0 aliphatic heterocycles. The van der Waals surface area contributed by atoms with Crippen LogP contribution >= 0.6 is 0 Å². The topological polar surface area (TPSA) is 77.8 Å². The van der Waals surface area contributed by atoms with E-state index in [-0.39, 0.29) is 5.56 Å². The fraction of sp³-hybridized carbons (Fsp3) is 0.0435. The Morgan fingerprint density at radius 1 is 0.897 bits per heavy atom. The summed E-state index contributed by atoms with van der Waals surface area (Å²) in [6.07, 6.45) is 0. The first kappa shape index (κ1) is 18.3. The summed E-state index contributed by atoms with van der Waals surface area (Å²) >= 11 is 0. The smallest absolute Gasteiger partial charge is 0.349 e. The highest BCUT2D eigenvalue weighted by molar-refractivity contribution is 6.06. The van der Waals surface area contributed by atoms with Gasteiger partial charge >= 0.3 is 5.63 Å². The zero-order valence-electron chi connectivity index (χ0n) is 15.5. The van der Waals surface area contributed by atoms with E-state index in [1.807, 2.05) is 30.3 Å². The summed E-state index contributed by atoms with van der Waals surface area (Å²) < 4.78 is 16.3. The second-order valence-corrected chi connectivity index (χ2v) is 6.22. The highest BCUT2D eigenvalue weighted by atomic mass is 16.5. The van der Waals surface area contributed by atoms with Crippen molar-refractivity contribution in [3.05, 3.63) is 94.8 Å². The summed E-state index contributed by atoms with van der Waals surface area (Å²) in [6, 6.07) is 22.8. The molecule has 0 saturated carbocycles. The molecule has 0 fully saturated rings. The minimum Gasteiger partial charge on any atom is -0.497 e. The maximum atomic E-state index is 12.8. The van der Waals surface area contributed by atoms with Crippen molar-refractivity contribution in [3.63, 3.8) is 0 Å². The van der Waals surface area contributed by atoms with E-state index in [4.69, 9.17) is 13.9 Å². The van der Waals surface area contributed by atoms with Gasteiger partial charge in [-0.2, -0.15) is 0 Å². The third-order valence-electron chi connectivity index (χ3n) is 4.29. The van der Waals surface area contributed by atoms with Gasteiger partial charge in [-0.05, 0) is 42.5 Å². The lowest BCUT2D eigenvalue weighted by molar-refractivity contribution is 0.102. The molecule has 3 aromatic carbocycles. The molecule has 29 heavy (non-hydrogen) atoms. The van der Waals surface area contributed by atoms with Crippen molar-refractivity contribution >= 4 is 22.6 Å². The normalized spacial score (nSPS) is 10.5. The van der Waals surface area contributed by atoms with Gasteiger partial charge in [-0.1, -0.05) is 30.3 Å². The lowest BCUT2D eigenvalue weighted by atomic mass is 10.1. The molecule has 4 rings (SSSR count). The number of para-hydroxylation sites is 3. The Kier molecular flexibility index (Phi) is 4.99. The van der Waals surface area contributed by atoms with Gasteiger partial charge in [0.05, 0.1) is 12.8 Å². The largest absolute Gasteiger partial charge is 0.497 e. The van der Waals surface area contributed by atoms with Crippen LogP contribution in [0.2, 0.25) is 0 Å². The second kappa shape index (κ2) is 7.90. The Labute approximate surface area is 166 Å². The third kappa shape index (κ3) is 3.96. The summed E-state index contributed by atoms with van der Waals surface area (Å²) in [6.45, 7) is 0. The molecule has 6 heteroatoms. The van der Waals surface area contributed by atoms with Crippen molar-refractivity contribution in [2.45, 2.75) is 0 Å². The lowest BCUT2D eigenvalue weighted by Crippen LogP contribution is -2.20. The second-order valence-electron chi connectivity index (χ2n) is 6.22. The molecule has 144 valence electrons. The van der Waals surface area contributed by atoms with Gasteiger partial charge in [0, 0.05) is 11.5 Å². The maximum Gasteiger partial charge on any atom is 0.349 e. The van der Waals surface area contributed by atoms with Crippen LogP contribution in [0.15, 0.2) is 88.1 Å². The zero-order valence-corrected chi connectivity index (χ0v) is 15.5. The van der Waals surface area contributed by atoms with Gasteiger partial charge < -0.3 is 19.2 Å². The molecule has 1 amide bonds. The first-order valence-electron chi connectivity index (χ1n) is 8.89. The van der Waals surface area contributed by atoms with E-state index in [1.54, 1.807) is 42.5 Å². The third-order valence-corrected chi connectivity index (χ3v) is 4.29. The van der Waals surface area contributed by atoms with Gasteiger partial charge in [0.25, 0.3) is 5.91 Å². The molecular weight excluding hydrogens is 370 g/mol. The van der Waals surface area contributed by atoms with E-state index in [2.05, 4.69) is 5.32 Å². The van der Waals surface area contributed by atoms with Crippen molar-refractivity contribution in [3.8, 4) is 17.2 Å². The minimum absolute atomic E-state index is 0.0998. The molecule has 0 saturated heterocycles. The molecule has 0 bridgehead atoms. The SMILES string of the molecule is COc1ccc2cc(C(=O)Nc3ccccc3Oc3ccccc3)c(=O)oc2c1. The van der Waals surface area contributed by atoms with Gasteiger partial charge in [0.2, 0.25) is 0 Å². The van der Waals surface area contributed by atoms with E-state index in [1.165, 1.54) is 13.2 Å². The van der Waals surface area contributed by atoms with Crippen LogP contribution in [-0.4, -0.2) is 13.0 Å². The predicted molar refractivity (Wildman–Crippen MR) is 110 cm³/mol. The fourth-order valence-corrected chi connectivity index (χ4v) is 2.84. The number of rotatable bonds is 5. The molecule has 4 aromatic rings. The van der Waals surface area contributed by atoms with Crippen molar-refractivity contribution in [1.29, 1.82) is 0 Å². The number of ether oxygens (including phenoxy) is 2. The highest BCUT2D eigenvalue weighted by Gasteiger charge is 2.16. The number of carbonyl (C=O) groups excluding carboxylic acids is 1. The Hall–Kier alpha value is -4.06. The van der Waals surface area contributed by atoms with E-state index in [9.17, 15) is 9.59 Å². The Morgan fingerprint density at radius 3 is 2.45 bits per heavy atom. The van der Waals surface area contributed by atoms with Crippen LogP contribution in [0.1, 0.15) is 10.4 Å². The monoisotopic (exact) mass is 387 g/mol. The molecule has 0 unspecified atom stereocenters. The fourth-order valence-electron chi connectivity index (χ4n) is 2.84. The number of benzene rings is 3. The average Bonchev–Trinajstić information content (AvgIpc) is 2.75. The quantitative estimate of drug-likeness (QED) is 0.496. The average molecular weight is 387 g/mol. The first-order chi connectivity index (χ1) is 14.1. The summed E-state index contributed by atoms with van der Waals surface area (Å²) in [7, 11) is 1.52. The van der Waals surface area contributed by atoms with Crippen LogP contribution in [-0.2, 0) is 0 Å². The van der Waals surface area contributed by atoms with E-state index < -0.39 is 11.5 Å². The molecule has 1 aromatic heterocycles. The number of hydrogen-bond donors (Lipinski definition) is 1. The maximum absolute atomic E-state index is 12.8. The highest BCUT2D eigenvalue weighted by Crippen LogP contribution is 2.29. The number of hydrogen-bond acceptors (Lipinski definition) is 5. The standard InChI is InChI=1S/C23H17NO5/c1-27-17-12-11-15-13-18(23(26)29-21(15)14-17)22(25)24-19-9-5-6-10-20(19)28-16-7-3-2-4-8-16/h2-14H,1H3,(H,24,25). The Balaban J connectivity index is 1.63. The van der Waals surface area contributed by atoms with Crippen LogP contribution < -0.4 is 20.4 Å². The molecule has 0 atom stereocenters. The molecule has 0 spiro atoms. The van der Waals surface area contributed by atoms with E-state index in [0.29, 0.717) is 33.9 Å². The van der Waals surface area contributed by atoms with Crippen LogP contribution in [0.25, 0.3) is 11.0 Å². The molecule has 0 aliphatic carbocycles. The van der Waals surface area contributed by atoms with Gasteiger partial charge in [-0.25, -0.2) is 4.79 Å². The van der Waals surface area contributed by atoms with Crippen LogP contribution in [0.3, 0.4) is 0 Å². The number of amides is 1. The number of fused-ring (bicyclic) bond motifs is 1. The van der Waals surface area contributed by atoms with Gasteiger partial charge in [-0.3, -0.25) is 4.79 Å². The van der Waals surface area contributed by atoms with Crippen molar-refractivity contribution in [2.75, 3.05) is 12.4 Å². The minimum atomic E-state index is -0.732. The summed E-state index contributed by atoms with van der Waals surface area (Å²) in [4.78, 5) is 25.1. The summed E-state index contributed by atoms with van der Waals surface area (Å²) in [5, 5.41) is 3.34. The first-order valence-corrected chi connectivity index (χ1v) is 8.89. The lowest BCUT2D eigenvalue weighted by Gasteiger charge is -2.12. The van der Waals surface area contributed by atoms with Crippen molar-refractivity contribution in [1.82, 2.24) is 0 Å². The zero-order chi connectivity index (χ0) is 20.2. The van der Waals surface area contributed by atoms with E-state index in [0.717, 1.165) is 0 Å². The number of nitrogens with one attached hydrogen (secondary N) is 1. The van der Waals surface area contributed by atoms with Crippen molar-refractivity contribution in [2.24, 2.45) is 0 Å². The number of anilines is 1. The Bertz CT molecular complexity index is 1230. The number of methoxy groups -OCH3 is 1. The molecular formula is C23H17NO5. The van der Waals surface area contributed by atoms with Crippen molar-refractivity contribution < 1.29 is 18.7 Å². The van der Waals surface area contributed by atoms with E-state index >= 15 is 0 Å². The predicted octanol–water partition coefficient (Wildman–Crippen LogP) is 4.85. The molecule has 1 heterocycles. The van der Waals surface area contributed by atoms with Gasteiger partial charge in [0.15, 0.2) is 5.75 Å². The molecule has 1 N–H and O–H groups in total. The molecule has 0 radical (unpaired) electrons. The molecule has 6 nitrogen and oxygen atoms in total. The summed E-state index contributed by atoms with van der Waals surface area (Å²) in [5.41, 5.74) is -0.0452. The Morgan fingerprint density at radius 2 is 1.66 bits per heavy atom. The molecule has 0 aliphatic rings. The van der Waals surface area contributed by atoms with Crippen LogP contribution in [0.4, 0.5) is 5.69 Å². The van der Waals surface area contributed by atoms with Crippen LogP contribution in [0.5, 0.6) is 17.2 Å². The number of carbonyl (C=O) groups is 1.